The number of hydrogen-bond acceptors (Lipinski definition) is 7. The Morgan fingerprint density at radius 1 is 1.24 bits per heavy atom. The summed E-state index contributed by atoms with van der Waals surface area (Å²) in [7, 11) is 1.38. The minimum Gasteiger partial charge on any atom is -0.497 e. The van der Waals surface area contributed by atoms with E-state index in [0.717, 1.165) is 19.8 Å². The van der Waals surface area contributed by atoms with Crippen molar-refractivity contribution in [2.75, 3.05) is 25.2 Å². The molecule has 1 saturated heterocycles. The number of halogens is 3. The molecule has 5 rings (SSSR count). The number of fused-ring (bicyclic) bond motifs is 1. The molecule has 1 atom stereocenters. The molecule has 0 N–H and O–H groups in total. The topological polar surface area (TPSA) is 91.5 Å². The zero-order valence-electron chi connectivity index (χ0n) is 20.4. The van der Waals surface area contributed by atoms with E-state index in [1.807, 2.05) is 4.90 Å². The maximum atomic E-state index is 14.3. The predicted molar refractivity (Wildman–Crippen MR) is 132 cm³/mol. The number of ketones is 1. The summed E-state index contributed by atoms with van der Waals surface area (Å²) < 4.78 is 42.4. The normalized spacial score (nSPS) is 18.0. The number of methoxy groups -OCH3 is 1. The molecular weight excluding hydrogens is 508 g/mol. The van der Waals surface area contributed by atoms with Gasteiger partial charge in [-0.2, -0.15) is 9.78 Å². The number of nitrogens with zero attached hydrogens (tertiary/aromatic N) is 5. The predicted octanol–water partition coefficient (Wildman–Crippen LogP) is 4.16. The van der Waals surface area contributed by atoms with Gasteiger partial charge in [0.05, 0.1) is 31.7 Å². The van der Waals surface area contributed by atoms with Crippen LogP contribution in [0.1, 0.15) is 59.9 Å². The van der Waals surface area contributed by atoms with Crippen LogP contribution in [0, 0.1) is 0 Å². The van der Waals surface area contributed by atoms with Crippen molar-refractivity contribution >= 4 is 23.1 Å². The molecule has 9 nitrogen and oxygen atoms in total. The van der Waals surface area contributed by atoms with E-state index in [0.29, 0.717) is 37.6 Å². The molecule has 4 heterocycles. The third kappa shape index (κ3) is 4.73. The molecule has 37 heavy (non-hydrogen) atoms. The summed E-state index contributed by atoms with van der Waals surface area (Å²) in [5, 5.41) is 4.34. The van der Waals surface area contributed by atoms with Crippen LogP contribution >= 0.6 is 11.6 Å². The zero-order chi connectivity index (χ0) is 26.3. The van der Waals surface area contributed by atoms with Gasteiger partial charge in [0.15, 0.2) is 6.23 Å². The number of ether oxygens (including phenoxy) is 2. The Morgan fingerprint density at radius 2 is 2.05 bits per heavy atom. The Hall–Kier alpha value is -3.31. The van der Waals surface area contributed by atoms with Crippen molar-refractivity contribution in [3.63, 3.8) is 0 Å². The van der Waals surface area contributed by atoms with Gasteiger partial charge in [0.1, 0.15) is 22.3 Å². The number of anilines is 1. The first-order valence-electron chi connectivity index (χ1n) is 12.0. The molecule has 2 aliphatic rings. The molecule has 0 radical (unpaired) electrons. The fraction of sp³-hybridized carbons (Fsp3) is 0.440. The van der Waals surface area contributed by atoms with Crippen molar-refractivity contribution in [1.29, 1.82) is 0 Å². The minimum absolute atomic E-state index is 0.0357. The van der Waals surface area contributed by atoms with E-state index in [1.165, 1.54) is 36.2 Å². The van der Waals surface area contributed by atoms with Gasteiger partial charge in [0.2, 0.25) is 5.78 Å². The SMILES string of the molecule is COc1ccc(C(=O)c2cnc3n2CCN(c2cnn(C4CCCCO4)c(=O)c2Cl)C3)c(C(C)(F)F)c1. The molecule has 2 aliphatic heterocycles. The average molecular weight is 534 g/mol. The molecule has 1 aromatic carbocycles. The highest BCUT2D eigenvalue weighted by Crippen LogP contribution is 2.34. The number of imidazole rings is 1. The number of aromatic nitrogens is 4. The highest BCUT2D eigenvalue weighted by molar-refractivity contribution is 6.33. The number of benzene rings is 1. The lowest BCUT2D eigenvalue weighted by Crippen LogP contribution is -2.37. The van der Waals surface area contributed by atoms with Gasteiger partial charge < -0.3 is 18.9 Å². The van der Waals surface area contributed by atoms with Crippen LogP contribution in [0.25, 0.3) is 0 Å². The van der Waals surface area contributed by atoms with Gasteiger partial charge in [-0.15, -0.1) is 0 Å². The zero-order valence-corrected chi connectivity index (χ0v) is 21.2. The van der Waals surface area contributed by atoms with Crippen molar-refractivity contribution < 1.29 is 23.0 Å². The molecule has 0 amide bonds. The van der Waals surface area contributed by atoms with Crippen molar-refractivity contribution in [1.82, 2.24) is 19.3 Å². The number of rotatable bonds is 6. The summed E-state index contributed by atoms with van der Waals surface area (Å²) in [5.74, 6) is -3.01. The number of alkyl halides is 2. The Kier molecular flexibility index (Phi) is 6.76. The van der Waals surface area contributed by atoms with Gasteiger partial charge in [0.25, 0.3) is 11.5 Å². The van der Waals surface area contributed by atoms with Crippen LogP contribution < -0.4 is 15.2 Å². The molecule has 0 bridgehead atoms. The molecule has 2 aromatic heterocycles. The lowest BCUT2D eigenvalue weighted by molar-refractivity contribution is -0.0424. The molecule has 0 saturated carbocycles. The van der Waals surface area contributed by atoms with Crippen LogP contribution in [0.3, 0.4) is 0 Å². The summed E-state index contributed by atoms with van der Waals surface area (Å²) in [6.45, 7) is 2.33. The molecule has 3 aromatic rings. The summed E-state index contributed by atoms with van der Waals surface area (Å²) in [6, 6.07) is 4.00. The van der Waals surface area contributed by atoms with Crippen LogP contribution in [0.2, 0.25) is 5.02 Å². The molecule has 1 unspecified atom stereocenters. The molecular formula is C25H26ClF2N5O4. The summed E-state index contributed by atoms with van der Waals surface area (Å²) in [4.78, 5) is 32.5. The third-order valence-corrected chi connectivity index (χ3v) is 7.09. The van der Waals surface area contributed by atoms with Gasteiger partial charge in [-0.25, -0.2) is 13.8 Å². The first kappa shape index (κ1) is 25.3. The van der Waals surface area contributed by atoms with Crippen LogP contribution in [0.4, 0.5) is 14.5 Å². The monoisotopic (exact) mass is 533 g/mol. The van der Waals surface area contributed by atoms with E-state index in [1.54, 1.807) is 10.8 Å². The second-order valence-corrected chi connectivity index (χ2v) is 9.55. The molecule has 196 valence electrons. The maximum absolute atomic E-state index is 14.3. The van der Waals surface area contributed by atoms with Crippen molar-refractivity contribution in [3.05, 3.63) is 68.6 Å². The van der Waals surface area contributed by atoms with Gasteiger partial charge in [-0.05, 0) is 37.5 Å². The number of carbonyl (C=O) groups is 1. The average Bonchev–Trinajstić information content (AvgIpc) is 3.32. The van der Waals surface area contributed by atoms with Crippen molar-refractivity contribution in [3.8, 4) is 5.75 Å². The van der Waals surface area contributed by atoms with Gasteiger partial charge in [-0.3, -0.25) is 9.59 Å². The summed E-state index contributed by atoms with van der Waals surface area (Å²) in [6.07, 6.45) is 5.09. The lowest BCUT2D eigenvalue weighted by atomic mass is 9.97. The third-order valence-electron chi connectivity index (χ3n) is 6.74. The van der Waals surface area contributed by atoms with Crippen molar-refractivity contribution in [2.45, 2.75) is 51.4 Å². The Labute approximate surface area is 216 Å². The van der Waals surface area contributed by atoms with Crippen LogP contribution in [-0.4, -0.2) is 45.4 Å². The highest BCUT2D eigenvalue weighted by Gasteiger charge is 2.33. The van der Waals surface area contributed by atoms with Gasteiger partial charge in [0, 0.05) is 37.7 Å². The van der Waals surface area contributed by atoms with Gasteiger partial charge >= 0.3 is 0 Å². The maximum Gasteiger partial charge on any atom is 0.290 e. The smallest absolute Gasteiger partial charge is 0.290 e. The fourth-order valence-electron chi connectivity index (χ4n) is 4.77. The highest BCUT2D eigenvalue weighted by atomic mass is 35.5. The molecule has 12 heteroatoms. The first-order chi connectivity index (χ1) is 17.7. The largest absolute Gasteiger partial charge is 0.497 e. The van der Waals surface area contributed by atoms with E-state index in [-0.39, 0.29) is 28.6 Å². The van der Waals surface area contributed by atoms with Gasteiger partial charge in [-0.1, -0.05) is 11.6 Å². The number of hydrogen-bond donors (Lipinski definition) is 0. The van der Waals surface area contributed by atoms with E-state index < -0.39 is 29.1 Å². The van der Waals surface area contributed by atoms with E-state index in [4.69, 9.17) is 21.1 Å². The first-order valence-corrected chi connectivity index (χ1v) is 12.4. The van der Waals surface area contributed by atoms with E-state index in [2.05, 4.69) is 10.1 Å². The molecule has 0 aliphatic carbocycles. The quantitative estimate of drug-likeness (QED) is 0.439. The summed E-state index contributed by atoms with van der Waals surface area (Å²) >= 11 is 6.47. The second kappa shape index (κ2) is 9.86. The van der Waals surface area contributed by atoms with Crippen LogP contribution in [0.15, 0.2) is 35.4 Å². The minimum atomic E-state index is -3.24. The standard InChI is InChI=1S/C25H26ClF2N5O4/c1-25(27,28)17-11-15(36-2)6-7-16(17)23(34)19-12-29-20-14-31(8-9-32(19)20)18-13-30-33(24(35)22(18)26)21-5-3-4-10-37-21/h6-7,11-13,21H,3-5,8-10,14H2,1-2H3. The summed E-state index contributed by atoms with van der Waals surface area (Å²) in [5.41, 5.74) is -0.281. The Bertz CT molecular complexity index is 1390. The lowest BCUT2D eigenvalue weighted by Gasteiger charge is -2.31. The molecule has 0 spiro atoms. The van der Waals surface area contributed by atoms with Crippen LogP contribution in [-0.2, 0) is 23.7 Å². The van der Waals surface area contributed by atoms with E-state index >= 15 is 0 Å². The second-order valence-electron chi connectivity index (χ2n) is 9.18. The van der Waals surface area contributed by atoms with Crippen LogP contribution in [0.5, 0.6) is 5.75 Å². The Morgan fingerprint density at radius 3 is 2.76 bits per heavy atom. The number of carbonyl (C=O) groups excluding carboxylic acids is 1. The Balaban J connectivity index is 1.41. The fourth-order valence-corrected chi connectivity index (χ4v) is 5.03. The molecule has 1 fully saturated rings. The van der Waals surface area contributed by atoms with E-state index in [9.17, 15) is 18.4 Å². The van der Waals surface area contributed by atoms with Crippen molar-refractivity contribution in [2.24, 2.45) is 0 Å².